The van der Waals surface area contributed by atoms with Crippen LogP contribution in [0.1, 0.15) is 16.8 Å². The van der Waals surface area contributed by atoms with Crippen molar-refractivity contribution in [2.24, 2.45) is 0 Å². The SMILES string of the molecule is Cc1[nH]nc(NCCS(=O)(=O)c2ccc(C#N)cc2)c1C#N. The summed E-state index contributed by atoms with van der Waals surface area (Å²) in [7, 11) is -3.46. The number of sulfone groups is 1. The normalized spacial score (nSPS) is 10.7. The van der Waals surface area contributed by atoms with Crippen molar-refractivity contribution in [3.05, 3.63) is 41.1 Å². The van der Waals surface area contributed by atoms with Crippen molar-refractivity contribution in [3.63, 3.8) is 0 Å². The van der Waals surface area contributed by atoms with E-state index in [4.69, 9.17) is 10.5 Å². The molecule has 0 aliphatic heterocycles. The van der Waals surface area contributed by atoms with Crippen LogP contribution in [0.3, 0.4) is 0 Å². The topological polar surface area (TPSA) is 122 Å². The quantitative estimate of drug-likeness (QED) is 0.858. The van der Waals surface area contributed by atoms with Gasteiger partial charge in [0.1, 0.15) is 11.6 Å². The number of anilines is 1. The molecular weight excluding hydrogens is 302 g/mol. The van der Waals surface area contributed by atoms with Gasteiger partial charge in [-0.15, -0.1) is 0 Å². The van der Waals surface area contributed by atoms with Crippen LogP contribution in [0.25, 0.3) is 0 Å². The number of nitrogens with one attached hydrogen (secondary N) is 2. The first-order valence-electron chi connectivity index (χ1n) is 6.40. The van der Waals surface area contributed by atoms with E-state index >= 15 is 0 Å². The number of benzene rings is 1. The predicted octanol–water partition coefficient (Wildman–Crippen LogP) is 1.35. The Balaban J connectivity index is 2.04. The van der Waals surface area contributed by atoms with E-state index in [9.17, 15) is 8.42 Å². The van der Waals surface area contributed by atoms with E-state index < -0.39 is 9.84 Å². The van der Waals surface area contributed by atoms with E-state index in [1.54, 1.807) is 6.92 Å². The minimum Gasteiger partial charge on any atom is -0.366 e. The molecule has 2 N–H and O–H groups in total. The molecule has 7 nitrogen and oxygen atoms in total. The van der Waals surface area contributed by atoms with Gasteiger partial charge in [0.15, 0.2) is 15.7 Å². The van der Waals surface area contributed by atoms with E-state index in [0.717, 1.165) is 0 Å². The molecule has 0 atom stereocenters. The van der Waals surface area contributed by atoms with Crippen molar-refractivity contribution >= 4 is 15.7 Å². The number of rotatable bonds is 5. The van der Waals surface area contributed by atoms with Gasteiger partial charge in [0.2, 0.25) is 0 Å². The van der Waals surface area contributed by atoms with Gasteiger partial charge >= 0.3 is 0 Å². The molecule has 0 spiro atoms. The summed E-state index contributed by atoms with van der Waals surface area (Å²) in [4.78, 5) is 0.159. The molecule has 8 heteroatoms. The van der Waals surface area contributed by atoms with Crippen LogP contribution in [0.2, 0.25) is 0 Å². The molecule has 0 radical (unpaired) electrons. The van der Waals surface area contributed by atoms with Gasteiger partial charge in [-0.3, -0.25) is 5.10 Å². The number of hydrogen-bond donors (Lipinski definition) is 2. The number of hydrogen-bond acceptors (Lipinski definition) is 6. The molecule has 2 rings (SSSR count). The molecule has 22 heavy (non-hydrogen) atoms. The van der Waals surface area contributed by atoms with Crippen molar-refractivity contribution in [2.75, 3.05) is 17.6 Å². The Morgan fingerprint density at radius 3 is 2.50 bits per heavy atom. The van der Waals surface area contributed by atoms with Crippen molar-refractivity contribution < 1.29 is 8.42 Å². The molecule has 0 bridgehead atoms. The maximum atomic E-state index is 12.2. The van der Waals surface area contributed by atoms with Crippen LogP contribution < -0.4 is 5.32 Å². The van der Waals surface area contributed by atoms with E-state index in [1.165, 1.54) is 24.3 Å². The first-order chi connectivity index (χ1) is 10.5. The molecule has 2 aromatic rings. The van der Waals surface area contributed by atoms with Gasteiger partial charge in [-0.25, -0.2) is 8.42 Å². The van der Waals surface area contributed by atoms with Crippen molar-refractivity contribution in [1.82, 2.24) is 10.2 Å². The average molecular weight is 315 g/mol. The Labute approximate surface area is 128 Å². The highest BCUT2D eigenvalue weighted by Crippen LogP contribution is 2.15. The van der Waals surface area contributed by atoms with E-state index in [1.807, 2.05) is 12.1 Å². The first-order valence-corrected chi connectivity index (χ1v) is 8.05. The Kier molecular flexibility index (Phi) is 4.44. The maximum Gasteiger partial charge on any atom is 0.180 e. The summed E-state index contributed by atoms with van der Waals surface area (Å²) >= 11 is 0. The molecule has 1 aromatic carbocycles. The second-order valence-electron chi connectivity index (χ2n) is 4.57. The van der Waals surface area contributed by atoms with Crippen LogP contribution in [0.4, 0.5) is 5.82 Å². The Morgan fingerprint density at radius 2 is 1.91 bits per heavy atom. The minimum atomic E-state index is -3.46. The van der Waals surface area contributed by atoms with Crippen LogP contribution in [0.5, 0.6) is 0 Å². The largest absolute Gasteiger partial charge is 0.366 e. The highest BCUT2D eigenvalue weighted by atomic mass is 32.2. The Bertz CT molecular complexity index is 854. The van der Waals surface area contributed by atoms with Gasteiger partial charge in [0.25, 0.3) is 0 Å². The molecule has 0 fully saturated rings. The molecule has 1 heterocycles. The third kappa shape index (κ3) is 3.25. The molecule has 0 unspecified atom stereocenters. The van der Waals surface area contributed by atoms with Crippen LogP contribution >= 0.6 is 0 Å². The van der Waals surface area contributed by atoms with E-state index in [0.29, 0.717) is 22.6 Å². The highest BCUT2D eigenvalue weighted by molar-refractivity contribution is 7.91. The second kappa shape index (κ2) is 6.29. The van der Waals surface area contributed by atoms with E-state index in [2.05, 4.69) is 15.5 Å². The van der Waals surface area contributed by atoms with Gasteiger partial charge in [-0.2, -0.15) is 15.6 Å². The molecule has 0 aliphatic rings. The van der Waals surface area contributed by atoms with Gasteiger partial charge in [0, 0.05) is 6.54 Å². The summed E-state index contributed by atoms with van der Waals surface area (Å²) < 4.78 is 24.3. The fourth-order valence-corrected chi connectivity index (χ4v) is 3.01. The van der Waals surface area contributed by atoms with E-state index in [-0.39, 0.29) is 17.2 Å². The first kappa shape index (κ1) is 15.5. The Hall–Kier alpha value is -2.84. The standard InChI is InChI=1S/C14H13N5O2S/c1-10-13(9-16)14(19-18-10)17-6-7-22(20,21)12-4-2-11(8-15)3-5-12/h2-5H,6-7H2,1H3,(H2,17,18,19). The zero-order valence-electron chi connectivity index (χ0n) is 11.8. The summed E-state index contributed by atoms with van der Waals surface area (Å²) in [6.45, 7) is 1.84. The van der Waals surface area contributed by atoms with Crippen LogP contribution in [0.15, 0.2) is 29.2 Å². The van der Waals surface area contributed by atoms with Gasteiger partial charge < -0.3 is 5.32 Å². The minimum absolute atomic E-state index is 0.126. The molecule has 0 aliphatic carbocycles. The monoisotopic (exact) mass is 315 g/mol. The van der Waals surface area contributed by atoms with Crippen LogP contribution in [-0.2, 0) is 9.84 Å². The zero-order valence-corrected chi connectivity index (χ0v) is 12.6. The van der Waals surface area contributed by atoms with Crippen molar-refractivity contribution in [1.29, 1.82) is 10.5 Å². The zero-order chi connectivity index (χ0) is 16.2. The van der Waals surface area contributed by atoms with Gasteiger partial charge in [0.05, 0.1) is 28.0 Å². The predicted molar refractivity (Wildman–Crippen MR) is 79.7 cm³/mol. The number of aromatic nitrogens is 2. The maximum absolute atomic E-state index is 12.2. The Morgan fingerprint density at radius 1 is 1.23 bits per heavy atom. The summed E-state index contributed by atoms with van der Waals surface area (Å²) in [5.74, 6) is 0.199. The second-order valence-corrected chi connectivity index (χ2v) is 6.67. The smallest absolute Gasteiger partial charge is 0.180 e. The van der Waals surface area contributed by atoms with Crippen molar-refractivity contribution in [3.8, 4) is 12.1 Å². The number of aromatic amines is 1. The van der Waals surface area contributed by atoms with Gasteiger partial charge in [-0.1, -0.05) is 0 Å². The molecule has 112 valence electrons. The lowest BCUT2D eigenvalue weighted by molar-refractivity contribution is 0.596. The summed E-state index contributed by atoms with van der Waals surface area (Å²) in [6, 6.07) is 9.68. The molecule has 0 amide bonds. The number of H-pyrrole nitrogens is 1. The molecular formula is C14H13N5O2S. The third-order valence-electron chi connectivity index (χ3n) is 3.06. The van der Waals surface area contributed by atoms with Gasteiger partial charge in [-0.05, 0) is 31.2 Å². The molecule has 0 saturated carbocycles. The highest BCUT2D eigenvalue weighted by Gasteiger charge is 2.15. The van der Waals surface area contributed by atoms with Crippen LogP contribution in [-0.4, -0.2) is 30.9 Å². The average Bonchev–Trinajstić information content (AvgIpc) is 2.87. The fraction of sp³-hybridized carbons (Fsp3) is 0.214. The van der Waals surface area contributed by atoms with Crippen molar-refractivity contribution in [2.45, 2.75) is 11.8 Å². The summed E-state index contributed by atoms with van der Waals surface area (Å²) in [5.41, 5.74) is 1.40. The molecule has 0 saturated heterocycles. The lowest BCUT2D eigenvalue weighted by Gasteiger charge is -2.06. The third-order valence-corrected chi connectivity index (χ3v) is 4.80. The summed E-state index contributed by atoms with van der Waals surface area (Å²) in [6.07, 6.45) is 0. The number of nitriles is 2. The van der Waals surface area contributed by atoms with Crippen LogP contribution in [0, 0.1) is 29.6 Å². The fourth-order valence-electron chi connectivity index (χ4n) is 1.85. The summed E-state index contributed by atoms with van der Waals surface area (Å²) in [5, 5.41) is 27.1. The lowest BCUT2D eigenvalue weighted by Crippen LogP contribution is -2.16. The number of aryl methyl sites for hydroxylation is 1. The molecule has 1 aromatic heterocycles. The lowest BCUT2D eigenvalue weighted by atomic mass is 10.2. The number of nitrogens with zero attached hydrogens (tertiary/aromatic N) is 3.